The molecule has 12 heteroatoms. The van der Waals surface area contributed by atoms with Gasteiger partial charge in [0.2, 0.25) is 5.91 Å². The average Bonchev–Trinajstić information content (AvgIpc) is 2.88. The molecule has 35 heavy (non-hydrogen) atoms. The number of nitrogens with two attached hydrogens (primary N) is 1. The smallest absolute Gasteiger partial charge is 0.305 e. The van der Waals surface area contributed by atoms with Crippen molar-refractivity contribution in [2.75, 3.05) is 53.7 Å². The van der Waals surface area contributed by atoms with Crippen LogP contribution in [0.2, 0.25) is 0 Å². The number of carbonyl (C=O) groups is 2. The zero-order valence-electron chi connectivity index (χ0n) is 21.8. The highest BCUT2D eigenvalue weighted by atomic mass is 16.7. The fraction of sp³-hybridized carbons (Fsp3) is 0.913. The lowest BCUT2D eigenvalue weighted by Crippen LogP contribution is -2.30. The summed E-state index contributed by atoms with van der Waals surface area (Å²) in [4.78, 5) is 23.2. The molecule has 4 unspecified atom stereocenters. The van der Waals surface area contributed by atoms with E-state index in [0.29, 0.717) is 32.4 Å². The molecule has 0 aromatic heterocycles. The Hall–Kier alpha value is -1.38. The summed E-state index contributed by atoms with van der Waals surface area (Å²) in [5, 5.41) is 29.2. The van der Waals surface area contributed by atoms with E-state index in [1.165, 1.54) is 14.2 Å². The van der Waals surface area contributed by atoms with Crippen molar-refractivity contribution in [3.8, 4) is 0 Å². The number of carbonyl (C=O) groups excluding carboxylic acids is 2. The van der Waals surface area contributed by atoms with Gasteiger partial charge in [0.1, 0.15) is 6.61 Å². The Labute approximate surface area is 209 Å². The van der Waals surface area contributed by atoms with E-state index in [4.69, 9.17) is 44.7 Å². The van der Waals surface area contributed by atoms with Crippen LogP contribution in [-0.4, -0.2) is 106 Å². The van der Waals surface area contributed by atoms with Crippen molar-refractivity contribution in [3.05, 3.63) is 0 Å². The minimum absolute atomic E-state index is 0.0445. The number of esters is 1. The third kappa shape index (κ3) is 21.6. The van der Waals surface area contributed by atoms with Crippen molar-refractivity contribution in [1.29, 1.82) is 0 Å². The van der Waals surface area contributed by atoms with Gasteiger partial charge in [-0.15, -0.1) is 0 Å². The highest BCUT2D eigenvalue weighted by Gasteiger charge is 2.16. The van der Waals surface area contributed by atoms with Crippen molar-refractivity contribution in [2.24, 2.45) is 5.73 Å². The minimum Gasteiger partial charge on any atom is -0.460 e. The number of methoxy groups -OCH3 is 2. The monoisotopic (exact) mass is 512 g/mol. The van der Waals surface area contributed by atoms with E-state index in [0.717, 1.165) is 12.8 Å². The van der Waals surface area contributed by atoms with Crippen LogP contribution in [0.5, 0.6) is 0 Å². The molecule has 0 aromatic rings. The fourth-order valence-corrected chi connectivity index (χ4v) is 2.51. The van der Waals surface area contributed by atoms with Crippen LogP contribution < -0.4 is 11.1 Å². The van der Waals surface area contributed by atoms with Crippen molar-refractivity contribution < 1.29 is 48.6 Å². The summed E-state index contributed by atoms with van der Waals surface area (Å²) in [6, 6.07) is 0. The molecule has 4 atom stereocenters. The fourth-order valence-electron chi connectivity index (χ4n) is 2.51. The Morgan fingerprint density at radius 3 is 1.86 bits per heavy atom. The van der Waals surface area contributed by atoms with Crippen molar-refractivity contribution in [1.82, 2.24) is 5.32 Å². The quantitative estimate of drug-likeness (QED) is 0.0797. The number of amides is 1. The maximum absolute atomic E-state index is 11.6. The van der Waals surface area contributed by atoms with Crippen LogP contribution in [0.3, 0.4) is 0 Å². The molecule has 0 rings (SSSR count). The van der Waals surface area contributed by atoms with Crippen molar-refractivity contribution >= 4 is 11.9 Å². The number of ether oxygens (including phenoxy) is 5. The molecule has 1 amide bonds. The number of hydrogen-bond acceptors (Lipinski definition) is 11. The summed E-state index contributed by atoms with van der Waals surface area (Å²) in [6.45, 7) is 4.60. The number of aliphatic hydroxyl groups is 3. The van der Waals surface area contributed by atoms with Gasteiger partial charge < -0.3 is 50.1 Å². The van der Waals surface area contributed by atoms with Gasteiger partial charge in [-0.05, 0) is 38.6 Å². The standard InChI is InChI=1S/C16H32N2O6.C7H16O4/c1-3-13(11-19)24-16(22-2)12-23-15(21)8-6-7-14(20)18-10-5-4-9-17;1-3-6(4-8)11-7(5-9)10-2/h13,16,19H,3-12,17H2,1-2H3,(H,18,20);6-9H,3-5H2,1-2H3. The Kier molecular flexibility index (Phi) is 26.3. The van der Waals surface area contributed by atoms with Crippen LogP contribution in [0.1, 0.15) is 58.8 Å². The second-order valence-electron chi connectivity index (χ2n) is 7.59. The van der Waals surface area contributed by atoms with E-state index in [2.05, 4.69) is 5.32 Å². The van der Waals surface area contributed by atoms with E-state index in [-0.39, 0.29) is 57.4 Å². The van der Waals surface area contributed by atoms with Crippen LogP contribution in [-0.2, 0) is 33.3 Å². The van der Waals surface area contributed by atoms with E-state index in [9.17, 15) is 9.59 Å². The van der Waals surface area contributed by atoms with Crippen LogP contribution >= 0.6 is 0 Å². The molecular weight excluding hydrogens is 464 g/mol. The van der Waals surface area contributed by atoms with Gasteiger partial charge in [-0.3, -0.25) is 9.59 Å². The molecule has 0 aliphatic carbocycles. The highest BCUT2D eigenvalue weighted by Crippen LogP contribution is 2.06. The predicted octanol–water partition coefficient (Wildman–Crippen LogP) is 0.0537. The Morgan fingerprint density at radius 1 is 0.829 bits per heavy atom. The molecule has 0 heterocycles. The zero-order valence-corrected chi connectivity index (χ0v) is 21.8. The summed E-state index contributed by atoms with van der Waals surface area (Å²) < 4.78 is 25.4. The molecule has 0 radical (unpaired) electrons. The average molecular weight is 513 g/mol. The van der Waals surface area contributed by atoms with Gasteiger partial charge in [0, 0.05) is 33.6 Å². The van der Waals surface area contributed by atoms with Gasteiger partial charge in [-0.1, -0.05) is 13.8 Å². The van der Waals surface area contributed by atoms with Gasteiger partial charge in [0.05, 0.1) is 32.0 Å². The molecule has 0 aliphatic rings. The molecule has 0 aromatic carbocycles. The Bertz CT molecular complexity index is 477. The summed E-state index contributed by atoms with van der Waals surface area (Å²) in [5.41, 5.74) is 5.37. The first kappa shape index (κ1) is 35.8. The molecule has 0 bridgehead atoms. The van der Waals surface area contributed by atoms with Crippen molar-refractivity contribution in [2.45, 2.75) is 83.6 Å². The number of nitrogens with one attached hydrogen (secondary N) is 1. The van der Waals surface area contributed by atoms with Crippen LogP contribution in [0.25, 0.3) is 0 Å². The Morgan fingerprint density at radius 2 is 1.40 bits per heavy atom. The first-order valence-electron chi connectivity index (χ1n) is 12.2. The van der Waals surface area contributed by atoms with E-state index in [1.54, 1.807) is 0 Å². The molecule has 0 fully saturated rings. The lowest BCUT2D eigenvalue weighted by Gasteiger charge is -2.21. The van der Waals surface area contributed by atoms with Crippen LogP contribution in [0, 0.1) is 0 Å². The largest absolute Gasteiger partial charge is 0.460 e. The van der Waals surface area contributed by atoms with Crippen LogP contribution in [0.4, 0.5) is 0 Å². The van der Waals surface area contributed by atoms with E-state index in [1.807, 2.05) is 13.8 Å². The molecule has 210 valence electrons. The number of hydrogen-bond donors (Lipinski definition) is 5. The third-order valence-corrected chi connectivity index (χ3v) is 4.80. The molecule has 0 saturated heterocycles. The SMILES string of the molecule is CCC(CO)OC(CO)OC.CCC(CO)OC(COC(=O)CCCC(=O)NCCCCN)OC. The topological polar surface area (TPSA) is 179 Å². The number of unbranched alkanes of at least 4 members (excludes halogenated alkanes) is 1. The second-order valence-corrected chi connectivity index (χ2v) is 7.59. The highest BCUT2D eigenvalue weighted by molar-refractivity contribution is 5.76. The normalized spacial score (nSPS) is 14.3. The van der Waals surface area contributed by atoms with Gasteiger partial charge in [0.15, 0.2) is 12.6 Å². The van der Waals surface area contributed by atoms with Gasteiger partial charge in [-0.25, -0.2) is 0 Å². The number of aliphatic hydroxyl groups excluding tert-OH is 3. The molecule has 6 N–H and O–H groups in total. The zero-order chi connectivity index (χ0) is 26.9. The molecule has 12 nitrogen and oxygen atoms in total. The first-order valence-corrected chi connectivity index (χ1v) is 12.2. The van der Waals surface area contributed by atoms with Gasteiger partial charge >= 0.3 is 5.97 Å². The maximum atomic E-state index is 11.6. The minimum atomic E-state index is -0.711. The predicted molar refractivity (Wildman–Crippen MR) is 129 cm³/mol. The molecule has 0 aliphatic heterocycles. The van der Waals surface area contributed by atoms with E-state index >= 15 is 0 Å². The summed E-state index contributed by atoms with van der Waals surface area (Å²) >= 11 is 0. The lowest BCUT2D eigenvalue weighted by atomic mass is 10.2. The lowest BCUT2D eigenvalue weighted by molar-refractivity contribution is -0.194. The van der Waals surface area contributed by atoms with E-state index < -0.39 is 18.5 Å². The van der Waals surface area contributed by atoms with Gasteiger partial charge in [-0.2, -0.15) is 0 Å². The maximum Gasteiger partial charge on any atom is 0.305 e. The van der Waals surface area contributed by atoms with Gasteiger partial charge in [0.25, 0.3) is 0 Å². The third-order valence-electron chi connectivity index (χ3n) is 4.80. The summed E-state index contributed by atoms with van der Waals surface area (Å²) in [7, 11) is 2.89. The second kappa shape index (κ2) is 25.7. The summed E-state index contributed by atoms with van der Waals surface area (Å²) in [6.07, 6.45) is 2.01. The molecule has 0 spiro atoms. The Balaban J connectivity index is 0. The number of rotatable bonds is 21. The summed E-state index contributed by atoms with van der Waals surface area (Å²) in [5.74, 6) is -0.486. The van der Waals surface area contributed by atoms with Crippen LogP contribution in [0.15, 0.2) is 0 Å². The van der Waals surface area contributed by atoms with Crippen molar-refractivity contribution in [3.63, 3.8) is 0 Å². The first-order chi connectivity index (χ1) is 16.8. The molecular formula is C23H48N2O10. The molecule has 0 saturated carbocycles.